The smallest absolute Gasteiger partial charge is 0.293 e. The van der Waals surface area contributed by atoms with Gasteiger partial charge in [0.05, 0.1) is 22.3 Å². The number of para-hydroxylation sites is 2. The van der Waals surface area contributed by atoms with Crippen LogP contribution in [0, 0.1) is 0 Å². The van der Waals surface area contributed by atoms with Crippen molar-refractivity contribution < 1.29 is 14.7 Å². The van der Waals surface area contributed by atoms with Crippen molar-refractivity contribution in [1.29, 1.82) is 0 Å². The lowest BCUT2D eigenvalue weighted by molar-refractivity contribution is 0.100. The Morgan fingerprint density at radius 2 is 1.78 bits per heavy atom. The summed E-state index contributed by atoms with van der Waals surface area (Å²) in [6.07, 6.45) is 0.695. The van der Waals surface area contributed by atoms with Crippen molar-refractivity contribution in [2.24, 2.45) is 5.73 Å². The average molecular weight is 365 g/mol. The number of pyridine rings is 1. The molecule has 7 heteroatoms. The molecule has 0 saturated heterocycles. The molecule has 0 radical (unpaired) electrons. The summed E-state index contributed by atoms with van der Waals surface area (Å²) in [5, 5.41) is 13.5. The van der Waals surface area contributed by atoms with Gasteiger partial charge >= 0.3 is 0 Å². The number of amides is 2. The number of hydrogen-bond acceptors (Lipinski definition) is 4. The molecule has 0 saturated carbocycles. The third-order valence-corrected chi connectivity index (χ3v) is 4.26. The summed E-state index contributed by atoms with van der Waals surface area (Å²) < 4.78 is 1.44. The molecule has 138 valence electrons. The van der Waals surface area contributed by atoms with Gasteiger partial charge in [0.2, 0.25) is 0 Å². The number of aromatic nitrogens is 1. The number of nitrogens with two attached hydrogens (primary N) is 1. The van der Waals surface area contributed by atoms with E-state index in [2.05, 4.69) is 5.32 Å². The first-order valence-corrected chi connectivity index (χ1v) is 8.50. The van der Waals surface area contributed by atoms with Crippen LogP contribution in [0.15, 0.2) is 53.3 Å². The average Bonchev–Trinajstić information content (AvgIpc) is 2.66. The van der Waals surface area contributed by atoms with E-state index in [9.17, 15) is 19.5 Å². The minimum Gasteiger partial charge on any atom is -0.502 e. The van der Waals surface area contributed by atoms with Crippen LogP contribution in [0.25, 0.3) is 10.9 Å². The molecule has 0 spiro atoms. The summed E-state index contributed by atoms with van der Waals surface area (Å²) in [5.74, 6) is -2.02. The molecule has 0 aliphatic carbocycles. The number of benzene rings is 2. The lowest BCUT2D eigenvalue weighted by atomic mass is 10.1. The molecule has 0 aliphatic rings. The molecule has 2 amide bonds. The number of aryl methyl sites for hydroxylation is 1. The Morgan fingerprint density at radius 1 is 1.11 bits per heavy atom. The van der Waals surface area contributed by atoms with E-state index >= 15 is 0 Å². The zero-order valence-electron chi connectivity index (χ0n) is 14.7. The molecule has 0 bridgehead atoms. The largest absolute Gasteiger partial charge is 0.502 e. The molecule has 0 atom stereocenters. The van der Waals surface area contributed by atoms with Crippen LogP contribution in [0.4, 0.5) is 5.69 Å². The fourth-order valence-corrected chi connectivity index (χ4v) is 3.06. The summed E-state index contributed by atoms with van der Waals surface area (Å²) in [7, 11) is 0. The van der Waals surface area contributed by atoms with Crippen LogP contribution >= 0.6 is 0 Å². The maximum Gasteiger partial charge on any atom is 0.293 e. The van der Waals surface area contributed by atoms with Gasteiger partial charge in [-0.1, -0.05) is 37.3 Å². The number of aromatic hydroxyl groups is 1. The maximum absolute atomic E-state index is 12.9. The van der Waals surface area contributed by atoms with Gasteiger partial charge in [0.25, 0.3) is 17.4 Å². The van der Waals surface area contributed by atoms with Crippen LogP contribution in [-0.4, -0.2) is 21.5 Å². The predicted molar refractivity (Wildman–Crippen MR) is 103 cm³/mol. The van der Waals surface area contributed by atoms with Gasteiger partial charge in [-0.25, -0.2) is 0 Å². The molecule has 1 aromatic heterocycles. The van der Waals surface area contributed by atoms with Crippen LogP contribution in [-0.2, 0) is 6.54 Å². The number of carbonyl (C=O) groups is 2. The number of rotatable bonds is 5. The zero-order chi connectivity index (χ0) is 19.6. The molecule has 27 heavy (non-hydrogen) atoms. The first-order chi connectivity index (χ1) is 13.0. The first kappa shape index (κ1) is 18.2. The molecule has 1 heterocycles. The Hall–Kier alpha value is -3.61. The highest BCUT2D eigenvalue weighted by Crippen LogP contribution is 2.26. The minimum atomic E-state index is -0.696. The molecule has 0 unspecified atom stereocenters. The van der Waals surface area contributed by atoms with Crippen molar-refractivity contribution in [1.82, 2.24) is 4.57 Å². The quantitative estimate of drug-likeness (QED) is 0.644. The topological polar surface area (TPSA) is 114 Å². The van der Waals surface area contributed by atoms with Gasteiger partial charge in [-0.3, -0.25) is 14.4 Å². The number of carbonyl (C=O) groups excluding carboxylic acids is 2. The lowest BCUT2D eigenvalue weighted by Gasteiger charge is -2.15. The van der Waals surface area contributed by atoms with Gasteiger partial charge in [0.1, 0.15) is 0 Å². The Balaban J connectivity index is 2.17. The Kier molecular flexibility index (Phi) is 4.94. The first-order valence-electron chi connectivity index (χ1n) is 8.50. The highest BCUT2D eigenvalue weighted by Gasteiger charge is 2.22. The Bertz CT molecular complexity index is 1100. The van der Waals surface area contributed by atoms with Crippen LogP contribution in [0.3, 0.4) is 0 Å². The highest BCUT2D eigenvalue weighted by molar-refractivity contribution is 6.15. The van der Waals surface area contributed by atoms with E-state index in [1.165, 1.54) is 16.7 Å². The number of anilines is 1. The van der Waals surface area contributed by atoms with E-state index in [0.29, 0.717) is 23.9 Å². The normalized spacial score (nSPS) is 10.7. The monoisotopic (exact) mass is 365 g/mol. The third kappa shape index (κ3) is 3.27. The van der Waals surface area contributed by atoms with E-state index in [-0.39, 0.29) is 16.8 Å². The van der Waals surface area contributed by atoms with Crippen molar-refractivity contribution in [3.05, 3.63) is 70.0 Å². The van der Waals surface area contributed by atoms with Crippen molar-refractivity contribution in [3.8, 4) is 5.75 Å². The fourth-order valence-electron chi connectivity index (χ4n) is 3.06. The van der Waals surface area contributed by atoms with E-state index in [4.69, 9.17) is 5.73 Å². The van der Waals surface area contributed by atoms with E-state index in [1.807, 2.05) is 6.92 Å². The SMILES string of the molecule is CCCn1c(=O)c(O)c(C(=O)Nc2ccccc2C(N)=O)c2ccccc21. The van der Waals surface area contributed by atoms with Gasteiger partial charge in [-0.05, 0) is 24.6 Å². The molecule has 3 rings (SSSR count). The van der Waals surface area contributed by atoms with Crippen LogP contribution in [0.1, 0.15) is 34.1 Å². The molecule has 4 N–H and O–H groups in total. The fraction of sp³-hybridized carbons (Fsp3) is 0.150. The maximum atomic E-state index is 12.9. The summed E-state index contributed by atoms with van der Waals surface area (Å²) in [6, 6.07) is 13.1. The van der Waals surface area contributed by atoms with Crippen molar-refractivity contribution >= 4 is 28.4 Å². The van der Waals surface area contributed by atoms with Gasteiger partial charge in [0.15, 0.2) is 5.75 Å². The Labute approximate surface area is 155 Å². The van der Waals surface area contributed by atoms with Gasteiger partial charge in [-0.2, -0.15) is 0 Å². The summed E-state index contributed by atoms with van der Waals surface area (Å²) >= 11 is 0. The number of fused-ring (bicyclic) bond motifs is 1. The van der Waals surface area contributed by atoms with Crippen LogP contribution in [0.2, 0.25) is 0 Å². The van der Waals surface area contributed by atoms with E-state index in [1.54, 1.807) is 36.4 Å². The summed E-state index contributed by atoms with van der Waals surface area (Å²) in [6.45, 7) is 2.33. The molecule has 0 fully saturated rings. The van der Waals surface area contributed by atoms with Gasteiger partial charge < -0.3 is 20.7 Å². The van der Waals surface area contributed by atoms with Crippen LogP contribution in [0.5, 0.6) is 5.75 Å². The standard InChI is InChI=1S/C20H19N3O4/c1-2-11-23-15-10-6-4-8-13(15)16(17(24)20(23)27)19(26)22-14-9-5-3-7-12(14)18(21)25/h3-10,24H,2,11H2,1H3,(H2,21,25)(H,22,26). The molecule has 7 nitrogen and oxygen atoms in total. The minimum absolute atomic E-state index is 0.133. The highest BCUT2D eigenvalue weighted by atomic mass is 16.3. The molecule has 3 aromatic rings. The Morgan fingerprint density at radius 3 is 2.48 bits per heavy atom. The number of nitrogens with zero attached hydrogens (tertiary/aromatic N) is 1. The lowest BCUT2D eigenvalue weighted by Crippen LogP contribution is -2.25. The van der Waals surface area contributed by atoms with E-state index in [0.717, 1.165) is 0 Å². The summed E-state index contributed by atoms with van der Waals surface area (Å²) in [4.78, 5) is 37.0. The van der Waals surface area contributed by atoms with Crippen LogP contribution < -0.4 is 16.6 Å². The van der Waals surface area contributed by atoms with Crippen molar-refractivity contribution in [2.45, 2.75) is 19.9 Å². The molecule has 0 aliphatic heterocycles. The number of primary amides is 1. The number of nitrogens with one attached hydrogen (secondary N) is 1. The second-order valence-electron chi connectivity index (χ2n) is 6.06. The van der Waals surface area contributed by atoms with Gasteiger partial charge in [0, 0.05) is 11.9 Å². The third-order valence-electron chi connectivity index (χ3n) is 4.26. The molecular formula is C20H19N3O4. The molecule has 2 aromatic carbocycles. The predicted octanol–water partition coefficient (Wildman–Crippen LogP) is 2.47. The van der Waals surface area contributed by atoms with Gasteiger partial charge in [-0.15, -0.1) is 0 Å². The van der Waals surface area contributed by atoms with E-state index < -0.39 is 23.1 Å². The zero-order valence-corrected chi connectivity index (χ0v) is 14.7. The number of hydrogen-bond donors (Lipinski definition) is 3. The van der Waals surface area contributed by atoms with Crippen molar-refractivity contribution in [2.75, 3.05) is 5.32 Å². The summed E-state index contributed by atoms with van der Waals surface area (Å²) in [5.41, 5.74) is 5.45. The molecular weight excluding hydrogens is 346 g/mol. The second kappa shape index (κ2) is 7.33. The van der Waals surface area contributed by atoms with Crippen molar-refractivity contribution in [3.63, 3.8) is 0 Å². The second-order valence-corrected chi connectivity index (χ2v) is 6.06.